The minimum absolute atomic E-state index is 0.413. The third-order valence-corrected chi connectivity index (χ3v) is 3.80. The van der Waals surface area contributed by atoms with E-state index in [1.165, 1.54) is 13.1 Å². The Morgan fingerprint density at radius 2 is 1.29 bits per heavy atom. The highest BCUT2D eigenvalue weighted by Gasteiger charge is 2.55. The molecule has 2 aliphatic rings. The van der Waals surface area contributed by atoms with Gasteiger partial charge in [-0.15, -0.1) is 0 Å². The van der Waals surface area contributed by atoms with Crippen LogP contribution >= 0.6 is 0 Å². The summed E-state index contributed by atoms with van der Waals surface area (Å²) in [5.41, 5.74) is 0.826. The van der Waals surface area contributed by atoms with Crippen LogP contribution in [0.5, 0.6) is 0 Å². The minimum Gasteiger partial charge on any atom is -0.305 e. The molecule has 14 heavy (non-hydrogen) atoms. The SMILES string of the molecule is CC.CN1CC2(C)CN(N)CC2(C)C1. The Balaban J connectivity index is 0.000000461. The van der Waals surface area contributed by atoms with Gasteiger partial charge in [0.1, 0.15) is 0 Å². The van der Waals surface area contributed by atoms with E-state index in [4.69, 9.17) is 5.84 Å². The number of hydrogen-bond acceptors (Lipinski definition) is 3. The molecule has 0 bridgehead atoms. The predicted octanol–water partition coefficient (Wildman–Crippen LogP) is 1.16. The third kappa shape index (κ3) is 1.69. The first-order chi connectivity index (χ1) is 6.45. The van der Waals surface area contributed by atoms with Crippen molar-refractivity contribution in [1.82, 2.24) is 9.91 Å². The van der Waals surface area contributed by atoms with Crippen molar-refractivity contribution < 1.29 is 0 Å². The van der Waals surface area contributed by atoms with Crippen molar-refractivity contribution in [1.29, 1.82) is 0 Å². The number of hydrogen-bond donors (Lipinski definition) is 1. The van der Waals surface area contributed by atoms with E-state index in [2.05, 4.69) is 25.8 Å². The molecule has 2 atom stereocenters. The number of rotatable bonds is 0. The summed E-state index contributed by atoms with van der Waals surface area (Å²) in [6.07, 6.45) is 0. The second kappa shape index (κ2) is 3.80. The van der Waals surface area contributed by atoms with Gasteiger partial charge in [-0.3, -0.25) is 5.84 Å². The van der Waals surface area contributed by atoms with Crippen LogP contribution in [-0.4, -0.2) is 43.1 Å². The Morgan fingerprint density at radius 3 is 1.64 bits per heavy atom. The average molecular weight is 199 g/mol. The van der Waals surface area contributed by atoms with E-state index >= 15 is 0 Å². The molecule has 0 saturated carbocycles. The molecule has 0 aromatic heterocycles. The number of nitrogens with two attached hydrogens (primary N) is 1. The molecule has 0 aromatic rings. The van der Waals surface area contributed by atoms with Gasteiger partial charge < -0.3 is 4.90 Å². The molecule has 0 spiro atoms. The molecule has 0 radical (unpaired) electrons. The molecule has 2 N–H and O–H groups in total. The van der Waals surface area contributed by atoms with Crippen LogP contribution in [0.4, 0.5) is 0 Å². The third-order valence-electron chi connectivity index (χ3n) is 3.80. The highest BCUT2D eigenvalue weighted by molar-refractivity contribution is 5.07. The largest absolute Gasteiger partial charge is 0.305 e. The average Bonchev–Trinajstić information content (AvgIpc) is 2.35. The Hall–Kier alpha value is -0.120. The minimum atomic E-state index is 0.413. The van der Waals surface area contributed by atoms with Crippen molar-refractivity contribution in [3.63, 3.8) is 0 Å². The van der Waals surface area contributed by atoms with Gasteiger partial charge in [-0.25, -0.2) is 5.01 Å². The van der Waals surface area contributed by atoms with Crippen LogP contribution in [0.25, 0.3) is 0 Å². The lowest BCUT2D eigenvalue weighted by atomic mass is 9.71. The summed E-state index contributed by atoms with van der Waals surface area (Å²) in [6, 6.07) is 0. The number of hydrazine groups is 1. The van der Waals surface area contributed by atoms with Gasteiger partial charge in [-0.1, -0.05) is 27.7 Å². The Labute approximate surface area is 88.2 Å². The van der Waals surface area contributed by atoms with Crippen LogP contribution in [0.2, 0.25) is 0 Å². The molecule has 0 aliphatic carbocycles. The molecule has 2 fully saturated rings. The van der Waals surface area contributed by atoms with Crippen LogP contribution in [-0.2, 0) is 0 Å². The van der Waals surface area contributed by atoms with Crippen LogP contribution in [0.3, 0.4) is 0 Å². The quantitative estimate of drug-likeness (QED) is 0.594. The summed E-state index contributed by atoms with van der Waals surface area (Å²) in [5.74, 6) is 5.86. The van der Waals surface area contributed by atoms with Crippen molar-refractivity contribution in [2.45, 2.75) is 27.7 Å². The van der Waals surface area contributed by atoms with Crippen LogP contribution in [0, 0.1) is 10.8 Å². The molecule has 0 amide bonds. The summed E-state index contributed by atoms with van der Waals surface area (Å²) >= 11 is 0. The summed E-state index contributed by atoms with van der Waals surface area (Å²) in [7, 11) is 2.20. The van der Waals surface area contributed by atoms with E-state index in [1.54, 1.807) is 0 Å². The molecule has 2 rings (SSSR count). The summed E-state index contributed by atoms with van der Waals surface area (Å²) in [4.78, 5) is 2.42. The molecule has 2 unspecified atom stereocenters. The fourth-order valence-corrected chi connectivity index (χ4v) is 3.06. The topological polar surface area (TPSA) is 32.5 Å². The van der Waals surface area contributed by atoms with Crippen molar-refractivity contribution in [3.05, 3.63) is 0 Å². The van der Waals surface area contributed by atoms with E-state index in [0.29, 0.717) is 10.8 Å². The smallest absolute Gasteiger partial charge is 0.0201 e. The van der Waals surface area contributed by atoms with Crippen LogP contribution < -0.4 is 5.84 Å². The Morgan fingerprint density at radius 1 is 0.929 bits per heavy atom. The van der Waals surface area contributed by atoms with Gasteiger partial charge in [0.05, 0.1) is 0 Å². The lowest BCUT2D eigenvalue weighted by molar-refractivity contribution is 0.212. The maximum absolute atomic E-state index is 5.86. The van der Waals surface area contributed by atoms with Gasteiger partial charge in [-0.2, -0.15) is 0 Å². The monoisotopic (exact) mass is 199 g/mol. The fraction of sp³-hybridized carbons (Fsp3) is 1.00. The zero-order valence-electron chi connectivity index (χ0n) is 10.3. The lowest BCUT2D eigenvalue weighted by Gasteiger charge is -2.30. The molecule has 2 saturated heterocycles. The van der Waals surface area contributed by atoms with E-state index < -0.39 is 0 Å². The Kier molecular flexibility index (Phi) is 3.24. The molecule has 2 aliphatic heterocycles. The highest BCUT2D eigenvalue weighted by Crippen LogP contribution is 2.49. The summed E-state index contributed by atoms with van der Waals surface area (Å²) in [5, 5.41) is 1.98. The standard InChI is InChI=1S/C9H19N3.C2H6/c1-8-4-11(3)5-9(8,2)7-12(10)6-8;1-2/h4-7,10H2,1-3H3;1-2H3. The van der Waals surface area contributed by atoms with Gasteiger partial charge in [0.15, 0.2) is 0 Å². The van der Waals surface area contributed by atoms with Gasteiger partial charge in [-0.05, 0) is 7.05 Å². The van der Waals surface area contributed by atoms with E-state index in [1.807, 2.05) is 18.9 Å². The second-order valence-electron chi connectivity index (χ2n) is 5.20. The first-order valence-electron chi connectivity index (χ1n) is 5.63. The summed E-state index contributed by atoms with van der Waals surface area (Å²) < 4.78 is 0. The maximum atomic E-state index is 5.86. The van der Waals surface area contributed by atoms with Crippen molar-refractivity contribution >= 4 is 0 Å². The molecule has 3 nitrogen and oxygen atoms in total. The normalized spacial score (nSPS) is 43.3. The second-order valence-corrected chi connectivity index (χ2v) is 5.20. The predicted molar refractivity (Wildman–Crippen MR) is 60.8 cm³/mol. The Bertz CT molecular complexity index is 169. The fourth-order valence-electron chi connectivity index (χ4n) is 3.06. The first-order valence-corrected chi connectivity index (χ1v) is 5.63. The molecule has 0 aromatic carbocycles. The highest BCUT2D eigenvalue weighted by atomic mass is 15.4. The van der Waals surface area contributed by atoms with Gasteiger partial charge in [0.25, 0.3) is 0 Å². The number of fused-ring (bicyclic) bond motifs is 1. The molecular weight excluding hydrogens is 174 g/mol. The zero-order chi connectivity index (χ0) is 11.0. The maximum Gasteiger partial charge on any atom is 0.0201 e. The zero-order valence-corrected chi connectivity index (χ0v) is 10.3. The van der Waals surface area contributed by atoms with Crippen LogP contribution in [0.15, 0.2) is 0 Å². The van der Waals surface area contributed by atoms with Crippen LogP contribution in [0.1, 0.15) is 27.7 Å². The van der Waals surface area contributed by atoms with Crippen molar-refractivity contribution in [2.24, 2.45) is 16.7 Å². The molecule has 84 valence electrons. The number of likely N-dealkylation sites (tertiary alicyclic amines) is 1. The first kappa shape index (κ1) is 12.0. The van der Waals surface area contributed by atoms with Gasteiger partial charge in [0, 0.05) is 37.0 Å². The molecule has 3 heteroatoms. The lowest BCUT2D eigenvalue weighted by Crippen LogP contribution is -2.34. The number of nitrogens with zero attached hydrogens (tertiary/aromatic N) is 2. The van der Waals surface area contributed by atoms with Gasteiger partial charge in [0.2, 0.25) is 0 Å². The van der Waals surface area contributed by atoms with Crippen molar-refractivity contribution in [2.75, 3.05) is 33.2 Å². The van der Waals surface area contributed by atoms with E-state index in [9.17, 15) is 0 Å². The molecule has 2 heterocycles. The van der Waals surface area contributed by atoms with Gasteiger partial charge >= 0.3 is 0 Å². The van der Waals surface area contributed by atoms with E-state index in [-0.39, 0.29) is 0 Å². The summed E-state index contributed by atoms with van der Waals surface area (Å²) in [6.45, 7) is 13.2. The van der Waals surface area contributed by atoms with E-state index in [0.717, 1.165) is 13.1 Å². The van der Waals surface area contributed by atoms with Crippen molar-refractivity contribution in [3.8, 4) is 0 Å². The molecular formula is C11H25N3.